The maximum Gasteiger partial charge on any atom is 0.370 e. The molecule has 0 saturated heterocycles. The SMILES string of the molecule is O=C(O)C[n+]1ccc(Br)cc1. The van der Waals surface area contributed by atoms with Crippen molar-refractivity contribution in [1.29, 1.82) is 0 Å². The molecule has 0 aromatic carbocycles. The van der Waals surface area contributed by atoms with Crippen LogP contribution in [-0.4, -0.2) is 11.1 Å². The second-order valence-electron chi connectivity index (χ2n) is 2.08. The summed E-state index contributed by atoms with van der Waals surface area (Å²) >= 11 is 3.25. The van der Waals surface area contributed by atoms with Gasteiger partial charge in [-0.2, -0.15) is 4.57 Å². The minimum Gasteiger partial charge on any atom is -0.477 e. The molecule has 0 radical (unpaired) electrons. The normalized spacial score (nSPS) is 9.55. The molecule has 3 nitrogen and oxygen atoms in total. The molecule has 1 heterocycles. The van der Waals surface area contributed by atoms with E-state index in [1.165, 1.54) is 0 Å². The van der Waals surface area contributed by atoms with Crippen LogP contribution < -0.4 is 4.57 Å². The molecule has 0 aliphatic carbocycles. The Balaban J connectivity index is 2.74. The molecule has 0 atom stereocenters. The molecule has 0 amide bonds. The summed E-state index contributed by atoms with van der Waals surface area (Å²) in [5, 5.41) is 8.40. The average molecular weight is 217 g/mol. The van der Waals surface area contributed by atoms with Crippen LogP contribution in [0.1, 0.15) is 0 Å². The van der Waals surface area contributed by atoms with Crippen molar-refractivity contribution in [3.05, 3.63) is 29.0 Å². The van der Waals surface area contributed by atoms with Gasteiger partial charge in [0.15, 0.2) is 12.4 Å². The highest BCUT2D eigenvalue weighted by Gasteiger charge is 2.04. The van der Waals surface area contributed by atoms with Gasteiger partial charge in [0.25, 0.3) is 0 Å². The molecule has 0 saturated carbocycles. The van der Waals surface area contributed by atoms with Gasteiger partial charge in [0, 0.05) is 16.6 Å². The third-order valence-electron chi connectivity index (χ3n) is 1.17. The molecule has 0 unspecified atom stereocenters. The Morgan fingerprint density at radius 1 is 1.55 bits per heavy atom. The minimum atomic E-state index is -0.836. The highest BCUT2D eigenvalue weighted by molar-refractivity contribution is 9.10. The molecule has 58 valence electrons. The van der Waals surface area contributed by atoms with Crippen molar-refractivity contribution in [2.24, 2.45) is 0 Å². The summed E-state index contributed by atoms with van der Waals surface area (Å²) in [4.78, 5) is 10.2. The van der Waals surface area contributed by atoms with Gasteiger partial charge in [-0.1, -0.05) is 15.9 Å². The number of pyridine rings is 1. The molecule has 1 aromatic rings. The zero-order valence-corrected chi connectivity index (χ0v) is 7.28. The Morgan fingerprint density at radius 3 is 2.55 bits per heavy atom. The smallest absolute Gasteiger partial charge is 0.370 e. The van der Waals surface area contributed by atoms with E-state index >= 15 is 0 Å². The summed E-state index contributed by atoms with van der Waals surface area (Å²) < 4.78 is 2.53. The van der Waals surface area contributed by atoms with Crippen molar-refractivity contribution in [3.63, 3.8) is 0 Å². The second-order valence-corrected chi connectivity index (χ2v) is 3.00. The van der Waals surface area contributed by atoms with Crippen LogP contribution in [0.2, 0.25) is 0 Å². The van der Waals surface area contributed by atoms with Crippen LogP contribution in [0.3, 0.4) is 0 Å². The molecule has 0 aliphatic rings. The zero-order valence-electron chi connectivity index (χ0n) is 5.70. The van der Waals surface area contributed by atoms with Crippen LogP contribution in [0.5, 0.6) is 0 Å². The van der Waals surface area contributed by atoms with Crippen molar-refractivity contribution in [2.75, 3.05) is 0 Å². The number of carboxylic acid groups (broad SMARTS) is 1. The number of nitrogens with zero attached hydrogens (tertiary/aromatic N) is 1. The fourth-order valence-electron chi connectivity index (χ4n) is 0.701. The van der Waals surface area contributed by atoms with Gasteiger partial charge in [-0.25, -0.2) is 4.79 Å². The number of hydrogen-bond acceptors (Lipinski definition) is 1. The standard InChI is InChI=1S/C7H6BrNO2/c8-6-1-3-9(4-2-6)5-7(10)11/h1-4H,5H2/p+1. The Morgan fingerprint density at radius 2 is 2.09 bits per heavy atom. The predicted molar refractivity (Wildman–Crippen MR) is 42.0 cm³/mol. The third kappa shape index (κ3) is 2.67. The van der Waals surface area contributed by atoms with E-state index in [9.17, 15) is 4.79 Å². The van der Waals surface area contributed by atoms with Gasteiger partial charge >= 0.3 is 5.97 Å². The van der Waals surface area contributed by atoms with Crippen molar-refractivity contribution < 1.29 is 14.5 Å². The molecule has 0 spiro atoms. The maximum absolute atomic E-state index is 10.2. The molecule has 1 aromatic heterocycles. The number of aromatic nitrogens is 1. The molecule has 0 bridgehead atoms. The molecule has 0 fully saturated rings. The first kappa shape index (κ1) is 8.20. The summed E-state index contributed by atoms with van der Waals surface area (Å²) in [6, 6.07) is 3.59. The van der Waals surface area contributed by atoms with Crippen molar-refractivity contribution in [2.45, 2.75) is 6.54 Å². The maximum atomic E-state index is 10.2. The molecule has 4 heteroatoms. The van der Waals surface area contributed by atoms with Gasteiger partial charge in [-0.3, -0.25) is 0 Å². The number of halogens is 1. The van der Waals surface area contributed by atoms with Gasteiger partial charge in [-0.05, 0) is 0 Å². The van der Waals surface area contributed by atoms with Crippen LogP contribution in [0, 0.1) is 0 Å². The first-order chi connectivity index (χ1) is 5.18. The van der Waals surface area contributed by atoms with Gasteiger partial charge in [0.2, 0.25) is 6.54 Å². The van der Waals surface area contributed by atoms with Crippen molar-refractivity contribution in [3.8, 4) is 0 Å². The Kier molecular flexibility index (Phi) is 2.59. The number of carboxylic acids is 1. The highest BCUT2D eigenvalue weighted by atomic mass is 79.9. The van der Waals surface area contributed by atoms with Crippen LogP contribution in [0.15, 0.2) is 29.0 Å². The van der Waals surface area contributed by atoms with E-state index in [0.29, 0.717) is 0 Å². The predicted octanol–water partition coefficient (Wildman–Crippen LogP) is 0.821. The third-order valence-corrected chi connectivity index (χ3v) is 1.70. The van der Waals surface area contributed by atoms with E-state index in [4.69, 9.17) is 5.11 Å². The minimum absolute atomic E-state index is 0.00722. The Bertz CT molecular complexity index is 258. The Labute approximate surface area is 72.4 Å². The van der Waals surface area contributed by atoms with Gasteiger partial charge in [0.1, 0.15) is 0 Å². The molecular weight excluding hydrogens is 210 g/mol. The quantitative estimate of drug-likeness (QED) is 0.745. The van der Waals surface area contributed by atoms with Crippen LogP contribution in [0.25, 0.3) is 0 Å². The summed E-state index contributed by atoms with van der Waals surface area (Å²) in [6.45, 7) is 0.00722. The lowest BCUT2D eigenvalue weighted by atomic mass is 10.5. The van der Waals surface area contributed by atoms with Gasteiger partial charge in [0.05, 0.1) is 0 Å². The fourth-order valence-corrected chi connectivity index (χ4v) is 0.937. The number of aliphatic carboxylic acids is 1. The number of carbonyl (C=O) groups is 1. The zero-order chi connectivity index (χ0) is 8.27. The fraction of sp³-hybridized carbons (Fsp3) is 0.143. The van der Waals surface area contributed by atoms with Crippen LogP contribution >= 0.6 is 15.9 Å². The van der Waals surface area contributed by atoms with Crippen molar-refractivity contribution >= 4 is 21.9 Å². The molecule has 0 aliphatic heterocycles. The first-order valence-corrected chi connectivity index (χ1v) is 3.84. The topological polar surface area (TPSA) is 41.2 Å². The molecule has 1 N–H and O–H groups in total. The average Bonchev–Trinajstić information content (AvgIpc) is 1.93. The molecular formula is C7H7BrNO2+. The van der Waals surface area contributed by atoms with Crippen LogP contribution in [-0.2, 0) is 11.3 Å². The van der Waals surface area contributed by atoms with E-state index in [0.717, 1.165) is 4.47 Å². The van der Waals surface area contributed by atoms with E-state index < -0.39 is 5.97 Å². The van der Waals surface area contributed by atoms with E-state index in [1.807, 2.05) is 0 Å². The monoisotopic (exact) mass is 216 g/mol. The number of hydrogen-bond donors (Lipinski definition) is 1. The lowest BCUT2D eigenvalue weighted by Gasteiger charge is -1.90. The lowest BCUT2D eigenvalue weighted by molar-refractivity contribution is -0.685. The van der Waals surface area contributed by atoms with Gasteiger partial charge in [-0.15, -0.1) is 0 Å². The lowest BCUT2D eigenvalue weighted by Crippen LogP contribution is -2.36. The summed E-state index contributed by atoms with van der Waals surface area (Å²) in [6.07, 6.45) is 3.41. The summed E-state index contributed by atoms with van der Waals surface area (Å²) in [5.74, 6) is -0.836. The highest BCUT2D eigenvalue weighted by Crippen LogP contribution is 2.03. The largest absolute Gasteiger partial charge is 0.477 e. The van der Waals surface area contributed by atoms with E-state index in [-0.39, 0.29) is 6.54 Å². The van der Waals surface area contributed by atoms with Gasteiger partial charge < -0.3 is 5.11 Å². The van der Waals surface area contributed by atoms with E-state index in [1.54, 1.807) is 29.1 Å². The first-order valence-electron chi connectivity index (χ1n) is 3.05. The second kappa shape index (κ2) is 3.48. The molecule has 1 rings (SSSR count). The van der Waals surface area contributed by atoms with Crippen molar-refractivity contribution in [1.82, 2.24) is 0 Å². The van der Waals surface area contributed by atoms with E-state index in [2.05, 4.69) is 15.9 Å². The van der Waals surface area contributed by atoms with Crippen LogP contribution in [0.4, 0.5) is 0 Å². The summed E-state index contributed by atoms with van der Waals surface area (Å²) in [7, 11) is 0. The summed E-state index contributed by atoms with van der Waals surface area (Å²) in [5.41, 5.74) is 0. The number of rotatable bonds is 2. The molecule has 11 heavy (non-hydrogen) atoms. The Hall–Kier alpha value is -0.900.